The number of nitrogens with one attached hydrogen (secondary N) is 1. The fourth-order valence-corrected chi connectivity index (χ4v) is 4.64. The maximum Gasteiger partial charge on any atom is 0.219 e. The molecule has 0 aliphatic carbocycles. The predicted molar refractivity (Wildman–Crippen MR) is 115 cm³/mol. The van der Waals surface area contributed by atoms with E-state index in [0.717, 1.165) is 30.5 Å². The van der Waals surface area contributed by atoms with Crippen LogP contribution in [0.4, 0.5) is 0 Å². The van der Waals surface area contributed by atoms with Crippen LogP contribution in [0.5, 0.6) is 5.75 Å². The van der Waals surface area contributed by atoms with Gasteiger partial charge in [0.25, 0.3) is 0 Å². The minimum atomic E-state index is -0.413. The minimum absolute atomic E-state index is 0.117. The van der Waals surface area contributed by atoms with Gasteiger partial charge in [-0.1, -0.05) is 35.9 Å². The lowest BCUT2D eigenvalue weighted by atomic mass is 9.86. The first-order valence-electron chi connectivity index (χ1n) is 10.3. The van der Waals surface area contributed by atoms with Crippen LogP contribution in [0.25, 0.3) is 0 Å². The number of aliphatic imine (C=N–C) groups is 1. The molecule has 5 nitrogen and oxygen atoms in total. The normalized spacial score (nSPS) is 21.1. The Hall–Kier alpha value is -2.66. The molecule has 2 heterocycles. The maximum absolute atomic E-state index is 11.8. The number of phenols is 1. The number of carbonyl (C=O) groups excluding carboxylic acids is 1. The lowest BCUT2D eigenvalue weighted by Gasteiger charge is -2.45. The summed E-state index contributed by atoms with van der Waals surface area (Å²) in [5, 5.41) is 14.3. The Morgan fingerprint density at radius 3 is 2.55 bits per heavy atom. The van der Waals surface area contributed by atoms with Gasteiger partial charge in [0.05, 0.1) is 0 Å². The molecule has 1 spiro atoms. The SMILES string of the molecule is CC(=O)N1CCC2(CC1)N=C(c1ccccc1O)C[C@H](c1ccc(C)cc1C)N2. The van der Waals surface area contributed by atoms with Crippen molar-refractivity contribution < 1.29 is 9.90 Å². The summed E-state index contributed by atoms with van der Waals surface area (Å²) in [6.45, 7) is 7.28. The molecule has 152 valence electrons. The Morgan fingerprint density at radius 2 is 1.90 bits per heavy atom. The van der Waals surface area contributed by atoms with E-state index < -0.39 is 5.66 Å². The number of benzene rings is 2. The summed E-state index contributed by atoms with van der Waals surface area (Å²) < 4.78 is 0. The van der Waals surface area contributed by atoms with Crippen molar-refractivity contribution in [3.05, 3.63) is 64.7 Å². The van der Waals surface area contributed by atoms with Gasteiger partial charge in [-0.3, -0.25) is 15.1 Å². The molecule has 2 N–H and O–H groups in total. The van der Waals surface area contributed by atoms with E-state index >= 15 is 0 Å². The van der Waals surface area contributed by atoms with Crippen LogP contribution >= 0.6 is 0 Å². The number of amides is 1. The largest absolute Gasteiger partial charge is 0.507 e. The predicted octanol–water partition coefficient (Wildman–Crippen LogP) is 3.87. The van der Waals surface area contributed by atoms with Gasteiger partial charge >= 0.3 is 0 Å². The van der Waals surface area contributed by atoms with Crippen molar-refractivity contribution in [1.82, 2.24) is 10.2 Å². The first kappa shape index (κ1) is 19.6. The van der Waals surface area contributed by atoms with Crippen LogP contribution in [0, 0.1) is 13.8 Å². The lowest BCUT2D eigenvalue weighted by molar-refractivity contribution is -0.130. The van der Waals surface area contributed by atoms with E-state index in [1.54, 1.807) is 13.0 Å². The summed E-state index contributed by atoms with van der Waals surface area (Å²) >= 11 is 0. The number of para-hydroxylation sites is 1. The van der Waals surface area contributed by atoms with Crippen molar-refractivity contribution in [2.45, 2.75) is 51.7 Å². The topological polar surface area (TPSA) is 64.9 Å². The Kier molecular flexibility index (Phi) is 5.17. The molecule has 2 aliphatic rings. The average Bonchev–Trinajstić information content (AvgIpc) is 2.68. The molecule has 0 aromatic heterocycles. The summed E-state index contributed by atoms with van der Waals surface area (Å²) in [5.41, 5.74) is 5.11. The van der Waals surface area contributed by atoms with Gasteiger partial charge in [0.1, 0.15) is 11.4 Å². The third-order valence-electron chi connectivity index (χ3n) is 6.24. The highest BCUT2D eigenvalue weighted by Crippen LogP contribution is 2.37. The maximum atomic E-state index is 11.8. The molecular formula is C24H29N3O2. The second kappa shape index (κ2) is 7.64. The number of likely N-dealkylation sites (tertiary alicyclic amines) is 1. The quantitative estimate of drug-likeness (QED) is 0.817. The summed E-state index contributed by atoms with van der Waals surface area (Å²) in [7, 11) is 0. The van der Waals surface area contributed by atoms with E-state index in [4.69, 9.17) is 4.99 Å². The zero-order valence-electron chi connectivity index (χ0n) is 17.4. The van der Waals surface area contributed by atoms with Crippen LogP contribution < -0.4 is 5.32 Å². The van der Waals surface area contributed by atoms with E-state index in [1.165, 1.54) is 16.7 Å². The van der Waals surface area contributed by atoms with Gasteiger partial charge in [0, 0.05) is 56.6 Å². The molecule has 0 unspecified atom stereocenters. The number of nitrogens with zero attached hydrogens (tertiary/aromatic N) is 2. The van der Waals surface area contributed by atoms with Crippen molar-refractivity contribution in [2.75, 3.05) is 13.1 Å². The molecule has 2 aromatic carbocycles. The Bertz CT molecular complexity index is 958. The van der Waals surface area contributed by atoms with Gasteiger partial charge in [-0.25, -0.2) is 0 Å². The highest BCUT2D eigenvalue weighted by Gasteiger charge is 2.41. The number of rotatable bonds is 2. The summed E-state index contributed by atoms with van der Waals surface area (Å²) in [6, 6.07) is 14.1. The second-order valence-electron chi connectivity index (χ2n) is 8.37. The second-order valence-corrected chi connectivity index (χ2v) is 8.37. The molecule has 1 fully saturated rings. The molecule has 2 aromatic rings. The fraction of sp³-hybridized carbons (Fsp3) is 0.417. The van der Waals surface area contributed by atoms with E-state index in [2.05, 4.69) is 37.4 Å². The van der Waals surface area contributed by atoms with Crippen LogP contribution in [-0.2, 0) is 4.79 Å². The first-order valence-corrected chi connectivity index (χ1v) is 10.3. The molecular weight excluding hydrogens is 362 g/mol. The number of aromatic hydroxyl groups is 1. The molecule has 1 atom stereocenters. The van der Waals surface area contributed by atoms with E-state index in [1.807, 2.05) is 23.1 Å². The van der Waals surface area contributed by atoms with Crippen molar-refractivity contribution in [1.29, 1.82) is 0 Å². The smallest absolute Gasteiger partial charge is 0.219 e. The standard InChI is InChI=1S/C24H29N3O2/c1-16-8-9-19(17(2)14-16)21-15-22(20-6-4-5-7-23(20)29)26-24(25-21)10-12-27(13-11-24)18(3)28/h4-9,14,21,25,29H,10-13,15H2,1-3H3/t21-/m1/s1. The van der Waals surface area contributed by atoms with Gasteiger partial charge in [-0.2, -0.15) is 0 Å². The molecule has 29 heavy (non-hydrogen) atoms. The molecule has 4 rings (SSSR count). The van der Waals surface area contributed by atoms with Gasteiger partial charge in [-0.05, 0) is 37.1 Å². The van der Waals surface area contributed by atoms with Gasteiger partial charge in [-0.15, -0.1) is 0 Å². The first-order chi connectivity index (χ1) is 13.9. The molecule has 5 heteroatoms. The number of carbonyl (C=O) groups is 1. The zero-order chi connectivity index (χ0) is 20.6. The number of hydrogen-bond acceptors (Lipinski definition) is 4. The molecule has 1 saturated heterocycles. The molecule has 0 bridgehead atoms. The van der Waals surface area contributed by atoms with E-state index in [-0.39, 0.29) is 17.7 Å². The van der Waals surface area contributed by atoms with Gasteiger partial charge < -0.3 is 10.0 Å². The van der Waals surface area contributed by atoms with Gasteiger partial charge in [0.15, 0.2) is 0 Å². The van der Waals surface area contributed by atoms with Gasteiger partial charge in [0.2, 0.25) is 5.91 Å². The monoisotopic (exact) mass is 391 g/mol. The van der Waals surface area contributed by atoms with Crippen LogP contribution in [-0.4, -0.2) is 40.4 Å². The number of piperidine rings is 1. The van der Waals surface area contributed by atoms with Crippen molar-refractivity contribution in [3.63, 3.8) is 0 Å². The van der Waals surface area contributed by atoms with Crippen molar-refractivity contribution in [3.8, 4) is 5.75 Å². The highest BCUT2D eigenvalue weighted by atomic mass is 16.3. The third-order valence-corrected chi connectivity index (χ3v) is 6.24. The van der Waals surface area contributed by atoms with Crippen LogP contribution in [0.3, 0.4) is 0 Å². The molecule has 2 aliphatic heterocycles. The van der Waals surface area contributed by atoms with Crippen molar-refractivity contribution in [2.24, 2.45) is 4.99 Å². The summed E-state index contributed by atoms with van der Waals surface area (Å²) in [6.07, 6.45) is 2.26. The Labute approximate surface area is 172 Å². The van der Waals surface area contributed by atoms with Crippen LogP contribution in [0.1, 0.15) is 54.5 Å². The van der Waals surface area contributed by atoms with Crippen molar-refractivity contribution >= 4 is 11.6 Å². The summed E-state index contributed by atoms with van der Waals surface area (Å²) in [5.74, 6) is 0.385. The number of aryl methyl sites for hydroxylation is 2. The number of phenolic OH excluding ortho intramolecular Hbond substituents is 1. The molecule has 0 radical (unpaired) electrons. The van der Waals surface area contributed by atoms with E-state index in [0.29, 0.717) is 13.1 Å². The Balaban J connectivity index is 1.73. The highest BCUT2D eigenvalue weighted by molar-refractivity contribution is 6.03. The lowest BCUT2D eigenvalue weighted by Crippen LogP contribution is -2.56. The van der Waals surface area contributed by atoms with Crippen LogP contribution in [0.2, 0.25) is 0 Å². The zero-order valence-corrected chi connectivity index (χ0v) is 17.4. The number of hydrogen-bond donors (Lipinski definition) is 2. The third kappa shape index (κ3) is 3.92. The average molecular weight is 392 g/mol. The summed E-state index contributed by atoms with van der Waals surface area (Å²) in [4.78, 5) is 18.8. The van der Waals surface area contributed by atoms with E-state index in [9.17, 15) is 9.90 Å². The molecule has 0 saturated carbocycles. The molecule has 1 amide bonds. The fourth-order valence-electron chi connectivity index (χ4n) is 4.64. The Morgan fingerprint density at radius 1 is 1.17 bits per heavy atom. The van der Waals surface area contributed by atoms with Crippen LogP contribution in [0.15, 0.2) is 47.5 Å². The minimum Gasteiger partial charge on any atom is -0.507 e.